The quantitative estimate of drug-likeness (QED) is 0.868. The fourth-order valence-corrected chi connectivity index (χ4v) is 3.55. The van der Waals surface area contributed by atoms with Gasteiger partial charge in [0.15, 0.2) is 0 Å². The van der Waals surface area contributed by atoms with Gasteiger partial charge < -0.3 is 20.2 Å². The third kappa shape index (κ3) is 3.98. The van der Waals surface area contributed by atoms with E-state index in [9.17, 15) is 14.4 Å². The summed E-state index contributed by atoms with van der Waals surface area (Å²) in [6, 6.07) is 4.99. The molecule has 0 aromatic heterocycles. The zero-order chi connectivity index (χ0) is 18.7. The third-order valence-corrected chi connectivity index (χ3v) is 5.19. The van der Waals surface area contributed by atoms with Crippen LogP contribution < -0.4 is 5.32 Å². The predicted octanol–water partition coefficient (Wildman–Crippen LogP) is 2.56. The van der Waals surface area contributed by atoms with Crippen molar-refractivity contribution in [1.29, 1.82) is 0 Å². The summed E-state index contributed by atoms with van der Waals surface area (Å²) >= 11 is 0. The van der Waals surface area contributed by atoms with Crippen LogP contribution in [-0.4, -0.2) is 59.0 Å². The van der Waals surface area contributed by atoms with Gasteiger partial charge in [0.25, 0.3) is 5.91 Å². The normalized spacial score (nSPS) is 20.1. The number of hydrogen-bond donors (Lipinski definition) is 2. The summed E-state index contributed by atoms with van der Waals surface area (Å²) < 4.78 is 0. The van der Waals surface area contributed by atoms with Crippen molar-refractivity contribution in [2.75, 3.05) is 31.5 Å². The van der Waals surface area contributed by atoms with Crippen LogP contribution in [0.25, 0.3) is 0 Å². The number of benzene rings is 1. The lowest BCUT2D eigenvalue weighted by Crippen LogP contribution is -2.36. The van der Waals surface area contributed by atoms with Crippen molar-refractivity contribution in [3.63, 3.8) is 0 Å². The molecule has 26 heavy (non-hydrogen) atoms. The number of amides is 3. The van der Waals surface area contributed by atoms with Gasteiger partial charge in [-0.25, -0.2) is 4.79 Å². The molecule has 7 heteroatoms. The minimum atomic E-state index is -0.870. The molecular weight excluding hydrogens is 334 g/mol. The highest BCUT2D eigenvalue weighted by atomic mass is 16.4. The van der Waals surface area contributed by atoms with Crippen LogP contribution in [0.1, 0.15) is 41.6 Å². The highest BCUT2D eigenvalue weighted by molar-refractivity contribution is 5.98. The molecule has 7 nitrogen and oxygen atoms in total. The second-order valence-electron chi connectivity index (χ2n) is 7.08. The number of aryl methyl sites for hydroxylation is 1. The van der Waals surface area contributed by atoms with E-state index in [1.807, 2.05) is 17.9 Å². The van der Waals surface area contributed by atoms with Crippen molar-refractivity contribution in [2.45, 2.75) is 32.6 Å². The summed E-state index contributed by atoms with van der Waals surface area (Å²) in [5.41, 5.74) is 2.04. The largest absolute Gasteiger partial charge is 0.481 e. The summed E-state index contributed by atoms with van der Waals surface area (Å²) in [6.45, 7) is 4.08. The third-order valence-electron chi connectivity index (χ3n) is 5.19. The van der Waals surface area contributed by atoms with Gasteiger partial charge in [0.1, 0.15) is 0 Å². The Kier molecular flexibility index (Phi) is 5.44. The first kappa shape index (κ1) is 18.2. The molecule has 0 saturated carbocycles. The first-order valence-corrected chi connectivity index (χ1v) is 9.14. The molecule has 3 amide bonds. The van der Waals surface area contributed by atoms with Crippen molar-refractivity contribution < 1.29 is 19.5 Å². The topological polar surface area (TPSA) is 90.0 Å². The molecule has 2 aliphatic rings. The van der Waals surface area contributed by atoms with E-state index >= 15 is 0 Å². The number of nitrogens with one attached hydrogen (secondary N) is 1. The number of carboxylic acid groups (broad SMARTS) is 1. The summed E-state index contributed by atoms with van der Waals surface area (Å²) in [7, 11) is 0. The standard InChI is InChI=1S/C19H25N3O4/c1-13-5-6-15(11-16(13)17(23)21-8-3-2-4-9-21)20-19(26)22-10-7-14(12-22)18(24)25/h5-6,11,14H,2-4,7-10,12H2,1H3,(H,20,26)(H,24,25). The maximum atomic E-state index is 12.8. The Hall–Kier alpha value is -2.57. The van der Waals surface area contributed by atoms with E-state index in [0.29, 0.717) is 24.2 Å². The monoisotopic (exact) mass is 359 g/mol. The van der Waals surface area contributed by atoms with Crippen LogP contribution in [0.5, 0.6) is 0 Å². The maximum Gasteiger partial charge on any atom is 0.321 e. The SMILES string of the molecule is Cc1ccc(NC(=O)N2CCC(C(=O)O)C2)cc1C(=O)N1CCCCC1. The van der Waals surface area contributed by atoms with Gasteiger partial charge in [-0.05, 0) is 50.3 Å². The molecule has 3 rings (SSSR count). The van der Waals surface area contributed by atoms with Crippen LogP contribution in [0.2, 0.25) is 0 Å². The van der Waals surface area contributed by atoms with Crippen molar-refractivity contribution in [3.05, 3.63) is 29.3 Å². The molecule has 2 fully saturated rings. The summed E-state index contributed by atoms with van der Waals surface area (Å²) in [4.78, 5) is 39.6. The fourth-order valence-electron chi connectivity index (χ4n) is 3.55. The zero-order valence-electron chi connectivity index (χ0n) is 15.0. The van der Waals surface area contributed by atoms with Crippen molar-refractivity contribution >= 4 is 23.6 Å². The van der Waals surface area contributed by atoms with Gasteiger partial charge in [-0.3, -0.25) is 9.59 Å². The zero-order valence-corrected chi connectivity index (χ0v) is 15.0. The van der Waals surface area contributed by atoms with Crippen LogP contribution >= 0.6 is 0 Å². The Morgan fingerprint density at radius 3 is 2.46 bits per heavy atom. The van der Waals surface area contributed by atoms with Crippen molar-refractivity contribution in [2.24, 2.45) is 5.92 Å². The predicted molar refractivity (Wildman–Crippen MR) is 97.3 cm³/mol. The van der Waals surface area contributed by atoms with Gasteiger partial charge in [0, 0.05) is 37.4 Å². The maximum absolute atomic E-state index is 12.8. The second kappa shape index (κ2) is 7.76. The molecule has 2 saturated heterocycles. The summed E-state index contributed by atoms with van der Waals surface area (Å²) in [5.74, 6) is -1.37. The fraction of sp³-hybridized carbons (Fsp3) is 0.526. The number of aliphatic carboxylic acids is 1. The highest BCUT2D eigenvalue weighted by Gasteiger charge is 2.31. The number of piperidine rings is 1. The van der Waals surface area contributed by atoms with Crippen molar-refractivity contribution in [1.82, 2.24) is 9.80 Å². The molecule has 0 spiro atoms. The van der Waals surface area contributed by atoms with E-state index in [1.165, 1.54) is 4.90 Å². The number of nitrogens with zero attached hydrogens (tertiary/aromatic N) is 2. The van der Waals surface area contributed by atoms with Crippen LogP contribution in [0.15, 0.2) is 18.2 Å². The number of rotatable bonds is 3. The van der Waals surface area contributed by atoms with Gasteiger partial charge in [-0.1, -0.05) is 6.07 Å². The van der Waals surface area contributed by atoms with Gasteiger partial charge in [-0.15, -0.1) is 0 Å². The number of hydrogen-bond acceptors (Lipinski definition) is 3. The van der Waals surface area contributed by atoms with E-state index in [-0.39, 0.29) is 18.5 Å². The molecule has 1 atom stereocenters. The van der Waals surface area contributed by atoms with E-state index in [1.54, 1.807) is 12.1 Å². The van der Waals surface area contributed by atoms with Gasteiger partial charge in [0.05, 0.1) is 5.92 Å². The Morgan fingerprint density at radius 1 is 1.08 bits per heavy atom. The van der Waals surface area contributed by atoms with Gasteiger partial charge in [-0.2, -0.15) is 0 Å². The number of urea groups is 1. The summed E-state index contributed by atoms with van der Waals surface area (Å²) in [6.07, 6.45) is 3.68. The number of likely N-dealkylation sites (tertiary alicyclic amines) is 2. The van der Waals surface area contributed by atoms with Crippen LogP contribution in [0.3, 0.4) is 0 Å². The molecule has 0 radical (unpaired) electrons. The molecule has 2 N–H and O–H groups in total. The van der Waals surface area contributed by atoms with Crippen LogP contribution in [-0.2, 0) is 4.79 Å². The highest BCUT2D eigenvalue weighted by Crippen LogP contribution is 2.22. The molecular formula is C19H25N3O4. The molecule has 0 aliphatic carbocycles. The lowest BCUT2D eigenvalue weighted by atomic mass is 10.0. The second-order valence-corrected chi connectivity index (χ2v) is 7.08. The lowest BCUT2D eigenvalue weighted by Gasteiger charge is -2.27. The minimum Gasteiger partial charge on any atom is -0.481 e. The average molecular weight is 359 g/mol. The van der Waals surface area contributed by atoms with Crippen LogP contribution in [0.4, 0.5) is 10.5 Å². The molecule has 140 valence electrons. The molecule has 1 unspecified atom stereocenters. The molecule has 1 aromatic rings. The Balaban J connectivity index is 1.68. The van der Waals surface area contributed by atoms with E-state index in [0.717, 1.165) is 37.9 Å². The number of anilines is 1. The minimum absolute atomic E-state index is 0.00501. The van der Waals surface area contributed by atoms with E-state index in [2.05, 4.69) is 5.32 Å². The number of carboxylic acids is 1. The summed E-state index contributed by atoms with van der Waals surface area (Å²) in [5, 5.41) is 11.8. The smallest absolute Gasteiger partial charge is 0.321 e. The van der Waals surface area contributed by atoms with E-state index in [4.69, 9.17) is 5.11 Å². The average Bonchev–Trinajstić information content (AvgIpc) is 3.14. The van der Waals surface area contributed by atoms with Gasteiger partial charge in [0.2, 0.25) is 0 Å². The lowest BCUT2D eigenvalue weighted by molar-refractivity contribution is -0.141. The Labute approximate surface area is 153 Å². The Bertz CT molecular complexity index is 713. The Morgan fingerprint density at radius 2 is 1.81 bits per heavy atom. The molecule has 1 aromatic carbocycles. The van der Waals surface area contributed by atoms with E-state index < -0.39 is 11.9 Å². The molecule has 2 heterocycles. The number of carbonyl (C=O) groups is 3. The van der Waals surface area contributed by atoms with Crippen molar-refractivity contribution in [3.8, 4) is 0 Å². The molecule has 0 bridgehead atoms. The number of carbonyl (C=O) groups excluding carboxylic acids is 2. The first-order chi connectivity index (χ1) is 12.5. The van der Waals surface area contributed by atoms with Crippen LogP contribution in [0, 0.1) is 12.8 Å². The first-order valence-electron chi connectivity index (χ1n) is 9.14. The van der Waals surface area contributed by atoms with Gasteiger partial charge >= 0.3 is 12.0 Å². The molecule has 2 aliphatic heterocycles.